The number of benzene rings is 1. The van der Waals surface area contributed by atoms with Gasteiger partial charge < -0.3 is 0 Å². The van der Waals surface area contributed by atoms with Crippen molar-refractivity contribution in [2.24, 2.45) is 0 Å². The van der Waals surface area contributed by atoms with Crippen molar-refractivity contribution in [2.45, 2.75) is 33.1 Å². The molecule has 0 aliphatic heterocycles. The van der Waals surface area contributed by atoms with Crippen molar-refractivity contribution in [1.29, 1.82) is 0 Å². The average molecular weight is 216 g/mol. The van der Waals surface area contributed by atoms with Crippen LogP contribution in [0.1, 0.15) is 38.7 Å². The second-order valence-corrected chi connectivity index (χ2v) is 4.21. The molecule has 1 aliphatic carbocycles. The Labute approximate surface area is 96.5 Å². The standard InChI is InChI=1S/C15H17F/c1-3-11-9-12(4-2)15(10-11)13-5-7-14(16)8-6-13/h5-8,10H,3-4,9H2,1-2H3. The molecule has 0 aromatic heterocycles. The van der Waals surface area contributed by atoms with Crippen LogP contribution in [0.2, 0.25) is 0 Å². The van der Waals surface area contributed by atoms with Crippen molar-refractivity contribution in [2.75, 3.05) is 0 Å². The third kappa shape index (κ3) is 2.08. The topological polar surface area (TPSA) is 0 Å². The van der Waals surface area contributed by atoms with Crippen molar-refractivity contribution in [3.05, 3.63) is 52.9 Å². The minimum absolute atomic E-state index is 0.167. The largest absolute Gasteiger partial charge is 0.207 e. The SMILES string of the molecule is CCC1=CC(c2ccc(F)cc2)=C(CC)C1. The van der Waals surface area contributed by atoms with E-state index in [1.165, 1.54) is 28.9 Å². The Kier molecular flexibility index (Phi) is 3.23. The summed E-state index contributed by atoms with van der Waals surface area (Å²) in [4.78, 5) is 0. The Morgan fingerprint density at radius 2 is 1.75 bits per heavy atom. The van der Waals surface area contributed by atoms with E-state index in [9.17, 15) is 4.39 Å². The summed E-state index contributed by atoms with van der Waals surface area (Å²) in [6.45, 7) is 4.37. The van der Waals surface area contributed by atoms with Crippen LogP contribution in [0.4, 0.5) is 4.39 Å². The van der Waals surface area contributed by atoms with E-state index in [0.29, 0.717) is 0 Å². The first-order chi connectivity index (χ1) is 7.74. The fourth-order valence-corrected chi connectivity index (χ4v) is 2.19. The highest BCUT2D eigenvalue weighted by atomic mass is 19.1. The van der Waals surface area contributed by atoms with E-state index in [1.807, 2.05) is 12.1 Å². The number of hydrogen-bond donors (Lipinski definition) is 0. The number of allylic oxidation sites excluding steroid dienone is 4. The summed E-state index contributed by atoms with van der Waals surface area (Å²) in [5.41, 5.74) is 5.40. The van der Waals surface area contributed by atoms with Crippen molar-refractivity contribution >= 4 is 5.57 Å². The lowest BCUT2D eigenvalue weighted by Crippen LogP contribution is -1.85. The van der Waals surface area contributed by atoms with Crippen LogP contribution in [0.25, 0.3) is 5.57 Å². The first-order valence-electron chi connectivity index (χ1n) is 5.92. The first kappa shape index (κ1) is 11.1. The molecule has 0 radical (unpaired) electrons. The summed E-state index contributed by atoms with van der Waals surface area (Å²) in [5, 5.41) is 0. The molecular formula is C15H17F. The van der Waals surface area contributed by atoms with Crippen LogP contribution >= 0.6 is 0 Å². The van der Waals surface area contributed by atoms with Gasteiger partial charge in [0.25, 0.3) is 0 Å². The summed E-state index contributed by atoms with van der Waals surface area (Å²) in [7, 11) is 0. The lowest BCUT2D eigenvalue weighted by molar-refractivity contribution is 0.627. The van der Waals surface area contributed by atoms with Gasteiger partial charge in [0.2, 0.25) is 0 Å². The lowest BCUT2D eigenvalue weighted by Gasteiger charge is -2.04. The quantitative estimate of drug-likeness (QED) is 0.685. The van der Waals surface area contributed by atoms with E-state index in [0.717, 1.165) is 24.8 Å². The van der Waals surface area contributed by atoms with Gasteiger partial charge in [-0.25, -0.2) is 4.39 Å². The molecular weight excluding hydrogens is 199 g/mol. The molecule has 0 saturated carbocycles. The normalized spacial score (nSPS) is 15.6. The van der Waals surface area contributed by atoms with Crippen LogP contribution in [0, 0.1) is 5.82 Å². The number of hydrogen-bond acceptors (Lipinski definition) is 0. The molecule has 0 spiro atoms. The zero-order valence-corrected chi connectivity index (χ0v) is 9.89. The zero-order valence-electron chi connectivity index (χ0n) is 9.89. The van der Waals surface area contributed by atoms with Crippen LogP contribution in [0.5, 0.6) is 0 Å². The van der Waals surface area contributed by atoms with Gasteiger partial charge in [-0.15, -0.1) is 0 Å². The van der Waals surface area contributed by atoms with Crippen LogP contribution in [0.15, 0.2) is 41.5 Å². The Bertz CT molecular complexity index is 435. The molecule has 0 bridgehead atoms. The summed E-state index contributed by atoms with van der Waals surface area (Å²) < 4.78 is 12.9. The molecule has 0 amide bonds. The maximum absolute atomic E-state index is 12.9. The van der Waals surface area contributed by atoms with Gasteiger partial charge in [-0.1, -0.05) is 43.2 Å². The molecule has 2 rings (SSSR count). The maximum atomic E-state index is 12.9. The minimum Gasteiger partial charge on any atom is -0.207 e. The van der Waals surface area contributed by atoms with E-state index in [-0.39, 0.29) is 5.82 Å². The van der Waals surface area contributed by atoms with E-state index in [2.05, 4.69) is 19.9 Å². The summed E-state index contributed by atoms with van der Waals surface area (Å²) in [5.74, 6) is -0.167. The molecule has 84 valence electrons. The average Bonchev–Trinajstić information content (AvgIpc) is 2.73. The minimum atomic E-state index is -0.167. The Morgan fingerprint density at radius 3 is 2.31 bits per heavy atom. The first-order valence-corrected chi connectivity index (χ1v) is 5.92. The van der Waals surface area contributed by atoms with Gasteiger partial charge in [0.1, 0.15) is 5.82 Å². The van der Waals surface area contributed by atoms with Gasteiger partial charge in [0.15, 0.2) is 0 Å². The molecule has 0 unspecified atom stereocenters. The second-order valence-electron chi connectivity index (χ2n) is 4.21. The predicted octanol–water partition coefficient (Wildman–Crippen LogP) is 4.73. The van der Waals surface area contributed by atoms with E-state index in [1.54, 1.807) is 0 Å². The van der Waals surface area contributed by atoms with E-state index < -0.39 is 0 Å². The van der Waals surface area contributed by atoms with Crippen LogP contribution in [-0.2, 0) is 0 Å². The van der Waals surface area contributed by atoms with E-state index >= 15 is 0 Å². The fraction of sp³-hybridized carbons (Fsp3) is 0.333. The second kappa shape index (κ2) is 4.65. The molecule has 16 heavy (non-hydrogen) atoms. The predicted molar refractivity (Wildman–Crippen MR) is 66.6 cm³/mol. The summed E-state index contributed by atoms with van der Waals surface area (Å²) in [6.07, 6.45) is 5.55. The highest BCUT2D eigenvalue weighted by Gasteiger charge is 2.14. The third-order valence-corrected chi connectivity index (χ3v) is 3.21. The third-order valence-electron chi connectivity index (χ3n) is 3.21. The molecule has 0 N–H and O–H groups in total. The molecule has 1 heteroatoms. The lowest BCUT2D eigenvalue weighted by atomic mass is 10.0. The molecule has 1 aromatic carbocycles. The van der Waals surface area contributed by atoms with E-state index in [4.69, 9.17) is 0 Å². The van der Waals surface area contributed by atoms with Gasteiger partial charge >= 0.3 is 0 Å². The number of halogens is 1. The zero-order chi connectivity index (χ0) is 11.5. The van der Waals surface area contributed by atoms with Crippen molar-refractivity contribution in [3.8, 4) is 0 Å². The van der Waals surface area contributed by atoms with Crippen molar-refractivity contribution < 1.29 is 4.39 Å². The fourth-order valence-electron chi connectivity index (χ4n) is 2.19. The molecule has 0 fully saturated rings. The highest BCUT2D eigenvalue weighted by Crippen LogP contribution is 2.35. The molecule has 1 aromatic rings. The molecule has 0 nitrogen and oxygen atoms in total. The Hall–Kier alpha value is -1.37. The van der Waals surface area contributed by atoms with Crippen LogP contribution in [0.3, 0.4) is 0 Å². The van der Waals surface area contributed by atoms with Crippen LogP contribution in [-0.4, -0.2) is 0 Å². The molecule has 0 atom stereocenters. The van der Waals surface area contributed by atoms with Gasteiger partial charge in [-0.2, -0.15) is 0 Å². The Morgan fingerprint density at radius 1 is 1.06 bits per heavy atom. The van der Waals surface area contributed by atoms with Gasteiger partial charge in [0, 0.05) is 0 Å². The van der Waals surface area contributed by atoms with Gasteiger partial charge in [-0.05, 0) is 42.5 Å². The summed E-state index contributed by atoms with van der Waals surface area (Å²) >= 11 is 0. The van der Waals surface area contributed by atoms with Gasteiger partial charge in [0.05, 0.1) is 0 Å². The molecule has 0 heterocycles. The smallest absolute Gasteiger partial charge is 0.123 e. The molecule has 0 saturated heterocycles. The van der Waals surface area contributed by atoms with Crippen LogP contribution < -0.4 is 0 Å². The van der Waals surface area contributed by atoms with Crippen molar-refractivity contribution in [3.63, 3.8) is 0 Å². The Balaban J connectivity index is 2.37. The van der Waals surface area contributed by atoms with Gasteiger partial charge in [-0.3, -0.25) is 0 Å². The highest BCUT2D eigenvalue weighted by molar-refractivity contribution is 5.80. The number of rotatable bonds is 3. The van der Waals surface area contributed by atoms with Crippen molar-refractivity contribution in [1.82, 2.24) is 0 Å². The maximum Gasteiger partial charge on any atom is 0.123 e. The summed E-state index contributed by atoms with van der Waals surface area (Å²) in [6, 6.07) is 6.81. The molecule has 1 aliphatic rings. The monoisotopic (exact) mass is 216 g/mol.